The lowest BCUT2D eigenvalue weighted by Crippen LogP contribution is -2.30. The maximum Gasteiger partial charge on any atom is 0.407 e. The van der Waals surface area contributed by atoms with E-state index < -0.39 is 17.9 Å². The number of benzene rings is 2. The lowest BCUT2D eigenvalue weighted by Gasteiger charge is -2.13. The molecule has 2 aromatic carbocycles. The zero-order valence-corrected chi connectivity index (χ0v) is 14.7. The van der Waals surface area contributed by atoms with E-state index in [9.17, 15) is 14.4 Å². The summed E-state index contributed by atoms with van der Waals surface area (Å²) in [4.78, 5) is 41.1. The molecule has 1 aliphatic rings. The molecule has 7 heteroatoms. The number of amides is 3. The van der Waals surface area contributed by atoms with Gasteiger partial charge in [0.15, 0.2) is 0 Å². The van der Waals surface area contributed by atoms with Gasteiger partial charge in [-0.3, -0.25) is 14.4 Å². The minimum Gasteiger partial charge on any atom is -0.445 e. The number of alkyl carbamates (subject to hydrolysis) is 1. The number of hydrogen-bond acceptors (Lipinski definition) is 5. The van der Waals surface area contributed by atoms with Gasteiger partial charge in [0, 0.05) is 6.54 Å². The molecule has 1 heterocycles. The second-order valence-electron chi connectivity index (χ2n) is 5.98. The van der Waals surface area contributed by atoms with Gasteiger partial charge in [-0.15, -0.1) is 5.06 Å². The quantitative estimate of drug-likeness (QED) is 0.572. The van der Waals surface area contributed by atoms with Crippen molar-refractivity contribution in [3.05, 3.63) is 71.3 Å². The zero-order chi connectivity index (χ0) is 19.1. The van der Waals surface area contributed by atoms with Gasteiger partial charge in [-0.1, -0.05) is 42.5 Å². The van der Waals surface area contributed by atoms with Crippen LogP contribution < -0.4 is 5.32 Å². The van der Waals surface area contributed by atoms with Crippen LogP contribution in [0.2, 0.25) is 0 Å². The van der Waals surface area contributed by atoms with Gasteiger partial charge >= 0.3 is 6.09 Å². The third-order valence-electron chi connectivity index (χ3n) is 4.03. The Morgan fingerprint density at radius 3 is 2.19 bits per heavy atom. The number of unbranched alkanes of at least 4 members (excludes halogenated alkanes) is 1. The van der Waals surface area contributed by atoms with Gasteiger partial charge in [-0.25, -0.2) is 4.79 Å². The molecule has 0 spiro atoms. The van der Waals surface area contributed by atoms with Gasteiger partial charge in [-0.05, 0) is 30.5 Å². The standard InChI is InChI=1S/C20H20N2O5/c23-18-16-10-4-5-11-17(16)19(24)22(18)27-13-7-6-12-21-20(25)26-14-15-8-2-1-3-9-15/h1-5,8-11H,6-7,12-14H2,(H,21,25). The number of nitrogens with zero attached hydrogens (tertiary/aromatic N) is 1. The molecule has 0 atom stereocenters. The Labute approximate surface area is 156 Å². The van der Waals surface area contributed by atoms with Crippen molar-refractivity contribution in [1.29, 1.82) is 0 Å². The van der Waals surface area contributed by atoms with Crippen LogP contribution in [0.25, 0.3) is 0 Å². The molecule has 3 rings (SSSR count). The fourth-order valence-electron chi connectivity index (χ4n) is 2.63. The fourth-order valence-corrected chi connectivity index (χ4v) is 2.63. The molecule has 27 heavy (non-hydrogen) atoms. The van der Waals surface area contributed by atoms with Crippen LogP contribution in [0.15, 0.2) is 54.6 Å². The summed E-state index contributed by atoms with van der Waals surface area (Å²) >= 11 is 0. The molecule has 0 aromatic heterocycles. The molecule has 0 saturated carbocycles. The third kappa shape index (κ3) is 4.71. The summed E-state index contributed by atoms with van der Waals surface area (Å²) in [5.74, 6) is -0.892. The van der Waals surface area contributed by atoms with Gasteiger partial charge in [0.1, 0.15) is 6.61 Å². The van der Waals surface area contributed by atoms with Crippen molar-refractivity contribution in [1.82, 2.24) is 10.4 Å². The van der Waals surface area contributed by atoms with Crippen LogP contribution in [0.1, 0.15) is 39.1 Å². The highest BCUT2D eigenvalue weighted by atomic mass is 16.7. The molecular formula is C20H20N2O5. The van der Waals surface area contributed by atoms with Crippen molar-refractivity contribution in [2.45, 2.75) is 19.4 Å². The molecule has 0 radical (unpaired) electrons. The van der Waals surface area contributed by atoms with Crippen molar-refractivity contribution in [2.24, 2.45) is 0 Å². The minimum atomic E-state index is -0.486. The average molecular weight is 368 g/mol. The second kappa shape index (κ2) is 8.95. The molecule has 7 nitrogen and oxygen atoms in total. The Morgan fingerprint density at radius 2 is 1.52 bits per heavy atom. The van der Waals surface area contributed by atoms with Gasteiger partial charge in [0.2, 0.25) is 0 Å². The van der Waals surface area contributed by atoms with Crippen LogP contribution in [0.4, 0.5) is 4.79 Å². The normalized spacial score (nSPS) is 12.8. The van der Waals surface area contributed by atoms with E-state index in [1.54, 1.807) is 24.3 Å². The maximum absolute atomic E-state index is 12.1. The summed E-state index contributed by atoms with van der Waals surface area (Å²) in [5.41, 5.74) is 1.62. The molecule has 0 unspecified atom stereocenters. The highest BCUT2D eigenvalue weighted by Crippen LogP contribution is 2.22. The SMILES string of the molecule is O=C(NCCCCON1C(=O)c2ccccc2C1=O)OCc1ccccc1. The largest absolute Gasteiger partial charge is 0.445 e. The van der Waals surface area contributed by atoms with E-state index in [1.165, 1.54) is 0 Å². The van der Waals surface area contributed by atoms with E-state index in [0.29, 0.717) is 30.5 Å². The molecule has 140 valence electrons. The zero-order valence-electron chi connectivity index (χ0n) is 14.7. The fraction of sp³-hybridized carbons (Fsp3) is 0.250. The van der Waals surface area contributed by atoms with Crippen molar-refractivity contribution < 1.29 is 24.0 Å². The number of imide groups is 1. The Bertz CT molecular complexity index is 787. The Kier molecular flexibility index (Phi) is 6.17. The first-order valence-electron chi connectivity index (χ1n) is 8.72. The smallest absolute Gasteiger partial charge is 0.407 e. The highest BCUT2D eigenvalue weighted by Gasteiger charge is 2.36. The first-order chi connectivity index (χ1) is 13.2. The minimum absolute atomic E-state index is 0.201. The Hall–Kier alpha value is -3.19. The molecule has 0 saturated heterocycles. The van der Waals surface area contributed by atoms with Crippen LogP contribution in [0, 0.1) is 0 Å². The summed E-state index contributed by atoms with van der Waals surface area (Å²) in [5, 5.41) is 3.45. The van der Waals surface area contributed by atoms with Crippen molar-refractivity contribution >= 4 is 17.9 Å². The molecule has 0 aliphatic carbocycles. The predicted octanol–water partition coefficient (Wildman–Crippen LogP) is 2.92. The molecule has 3 amide bonds. The molecule has 1 aliphatic heterocycles. The summed E-state index contributed by atoms with van der Waals surface area (Å²) in [6.07, 6.45) is 0.718. The van der Waals surface area contributed by atoms with E-state index in [2.05, 4.69) is 5.32 Å². The summed E-state index contributed by atoms with van der Waals surface area (Å²) < 4.78 is 5.10. The summed E-state index contributed by atoms with van der Waals surface area (Å²) in [6, 6.07) is 16.0. The van der Waals surface area contributed by atoms with Crippen LogP contribution in [-0.4, -0.2) is 36.1 Å². The van der Waals surface area contributed by atoms with E-state index in [4.69, 9.17) is 9.57 Å². The van der Waals surface area contributed by atoms with Crippen LogP contribution >= 0.6 is 0 Å². The molecule has 1 N–H and O–H groups in total. The average Bonchev–Trinajstić information content (AvgIpc) is 2.94. The van der Waals surface area contributed by atoms with Gasteiger partial charge in [0.25, 0.3) is 11.8 Å². The molecule has 2 aromatic rings. The van der Waals surface area contributed by atoms with E-state index in [-0.39, 0.29) is 13.2 Å². The number of fused-ring (bicyclic) bond motifs is 1. The lowest BCUT2D eigenvalue weighted by molar-refractivity contribution is -0.0921. The number of rotatable bonds is 8. The number of carbonyl (C=O) groups excluding carboxylic acids is 3. The van der Waals surface area contributed by atoms with Crippen molar-refractivity contribution in [2.75, 3.05) is 13.2 Å². The summed E-state index contributed by atoms with van der Waals surface area (Å²) in [6.45, 7) is 0.834. The molecule has 0 fully saturated rings. The molecular weight excluding hydrogens is 348 g/mol. The third-order valence-corrected chi connectivity index (χ3v) is 4.03. The highest BCUT2D eigenvalue weighted by molar-refractivity contribution is 6.20. The van der Waals surface area contributed by atoms with Crippen molar-refractivity contribution in [3.63, 3.8) is 0 Å². The van der Waals surface area contributed by atoms with Gasteiger partial charge in [0.05, 0.1) is 17.7 Å². The van der Waals surface area contributed by atoms with Gasteiger partial charge < -0.3 is 10.1 Å². The predicted molar refractivity (Wildman–Crippen MR) is 96.8 cm³/mol. The number of carbonyl (C=O) groups is 3. The summed E-state index contributed by atoms with van der Waals surface area (Å²) in [7, 11) is 0. The first-order valence-corrected chi connectivity index (χ1v) is 8.72. The van der Waals surface area contributed by atoms with E-state index >= 15 is 0 Å². The number of hydroxylamine groups is 2. The topological polar surface area (TPSA) is 84.9 Å². The number of ether oxygens (including phenoxy) is 1. The van der Waals surface area contributed by atoms with Crippen molar-refractivity contribution in [3.8, 4) is 0 Å². The second-order valence-corrected chi connectivity index (χ2v) is 5.98. The molecule has 0 bridgehead atoms. The lowest BCUT2D eigenvalue weighted by atomic mass is 10.1. The van der Waals surface area contributed by atoms with Gasteiger partial charge in [-0.2, -0.15) is 0 Å². The Morgan fingerprint density at radius 1 is 0.889 bits per heavy atom. The van der Waals surface area contributed by atoms with Crippen LogP contribution in [0.5, 0.6) is 0 Å². The maximum atomic E-state index is 12.1. The van der Waals surface area contributed by atoms with E-state index in [0.717, 1.165) is 10.6 Å². The van der Waals surface area contributed by atoms with Crippen LogP contribution in [0.3, 0.4) is 0 Å². The monoisotopic (exact) mass is 368 g/mol. The number of nitrogens with one attached hydrogen (secondary N) is 1. The van der Waals surface area contributed by atoms with E-state index in [1.807, 2.05) is 30.3 Å². The first kappa shape index (κ1) is 18.6. The Balaban J connectivity index is 1.29. The number of hydrogen-bond donors (Lipinski definition) is 1. The van der Waals surface area contributed by atoms with Crippen LogP contribution in [-0.2, 0) is 16.2 Å².